The molecular formula is C8H11N3O3. The second kappa shape index (κ2) is 3.28. The van der Waals surface area contributed by atoms with Gasteiger partial charge in [-0.1, -0.05) is 6.42 Å². The van der Waals surface area contributed by atoms with Crippen LogP contribution in [0, 0.1) is 5.92 Å². The zero-order valence-corrected chi connectivity index (χ0v) is 7.49. The number of hydrogen-bond acceptors (Lipinski definition) is 3. The summed E-state index contributed by atoms with van der Waals surface area (Å²) in [4.78, 5) is 24.2. The van der Waals surface area contributed by atoms with Crippen molar-refractivity contribution in [1.29, 1.82) is 0 Å². The van der Waals surface area contributed by atoms with Crippen molar-refractivity contribution in [2.24, 2.45) is 5.92 Å². The molecule has 3 N–H and O–H groups in total. The standard InChI is InChI=1S/C8H11N3O3/c12-7(13)5-3-1-2-4(5)6-9-8(14)11-10-6/h4-5H,1-3H2,(H,12,13)(H2,9,10,11,14). The first-order valence-electron chi connectivity index (χ1n) is 4.56. The molecule has 0 spiro atoms. The minimum Gasteiger partial charge on any atom is -0.481 e. The average Bonchev–Trinajstić information content (AvgIpc) is 2.70. The van der Waals surface area contributed by atoms with Crippen molar-refractivity contribution in [2.45, 2.75) is 25.2 Å². The number of carbonyl (C=O) groups is 1. The average molecular weight is 197 g/mol. The van der Waals surface area contributed by atoms with Crippen LogP contribution in [0.1, 0.15) is 31.0 Å². The molecule has 2 rings (SSSR count). The zero-order chi connectivity index (χ0) is 10.1. The van der Waals surface area contributed by atoms with E-state index in [2.05, 4.69) is 15.2 Å². The maximum Gasteiger partial charge on any atom is 0.340 e. The number of hydrogen-bond donors (Lipinski definition) is 3. The van der Waals surface area contributed by atoms with Gasteiger partial charge in [-0.15, -0.1) is 0 Å². The minimum atomic E-state index is -0.809. The number of aromatic amines is 2. The Balaban J connectivity index is 2.25. The smallest absolute Gasteiger partial charge is 0.340 e. The van der Waals surface area contributed by atoms with Gasteiger partial charge in [-0.25, -0.2) is 9.89 Å². The van der Waals surface area contributed by atoms with Gasteiger partial charge in [0.2, 0.25) is 0 Å². The van der Waals surface area contributed by atoms with E-state index in [9.17, 15) is 9.59 Å². The summed E-state index contributed by atoms with van der Waals surface area (Å²) in [7, 11) is 0. The number of H-pyrrole nitrogens is 2. The van der Waals surface area contributed by atoms with Crippen LogP contribution in [0.4, 0.5) is 0 Å². The molecule has 0 saturated heterocycles. The first kappa shape index (κ1) is 8.98. The first-order valence-corrected chi connectivity index (χ1v) is 4.56. The molecule has 0 amide bonds. The van der Waals surface area contributed by atoms with E-state index in [0.29, 0.717) is 12.2 Å². The number of nitrogens with zero attached hydrogens (tertiary/aromatic N) is 1. The Hall–Kier alpha value is -1.59. The van der Waals surface area contributed by atoms with E-state index in [1.165, 1.54) is 0 Å². The lowest BCUT2D eigenvalue weighted by atomic mass is 9.96. The third kappa shape index (κ3) is 1.43. The lowest BCUT2D eigenvalue weighted by Gasteiger charge is -2.11. The quantitative estimate of drug-likeness (QED) is 0.624. The molecule has 0 aliphatic heterocycles. The normalized spacial score (nSPS) is 26.6. The van der Waals surface area contributed by atoms with Crippen LogP contribution >= 0.6 is 0 Å². The molecule has 0 aromatic carbocycles. The highest BCUT2D eigenvalue weighted by molar-refractivity contribution is 5.71. The van der Waals surface area contributed by atoms with Crippen LogP contribution in [0.2, 0.25) is 0 Å². The number of carboxylic acids is 1. The molecule has 2 atom stereocenters. The maximum absolute atomic E-state index is 10.9. The van der Waals surface area contributed by atoms with Crippen LogP contribution in [-0.2, 0) is 4.79 Å². The predicted octanol–water partition coefficient (Wildman–Crippen LogP) is 0.0663. The molecule has 1 fully saturated rings. The van der Waals surface area contributed by atoms with Crippen LogP contribution < -0.4 is 5.69 Å². The second-order valence-electron chi connectivity index (χ2n) is 3.55. The molecule has 1 aromatic rings. The van der Waals surface area contributed by atoms with Gasteiger partial charge in [0.15, 0.2) is 0 Å². The van der Waals surface area contributed by atoms with E-state index in [1.807, 2.05) is 0 Å². The van der Waals surface area contributed by atoms with E-state index in [0.717, 1.165) is 12.8 Å². The number of carboxylic acid groups (broad SMARTS) is 1. The molecular weight excluding hydrogens is 186 g/mol. The fourth-order valence-corrected chi connectivity index (χ4v) is 2.04. The highest BCUT2D eigenvalue weighted by Gasteiger charge is 2.35. The monoisotopic (exact) mass is 197 g/mol. The van der Waals surface area contributed by atoms with Crippen molar-refractivity contribution < 1.29 is 9.90 Å². The van der Waals surface area contributed by atoms with Gasteiger partial charge in [-0.2, -0.15) is 5.10 Å². The van der Waals surface area contributed by atoms with Crippen LogP contribution in [0.15, 0.2) is 4.79 Å². The number of aliphatic carboxylic acids is 1. The predicted molar refractivity (Wildman–Crippen MR) is 46.9 cm³/mol. The van der Waals surface area contributed by atoms with E-state index in [-0.39, 0.29) is 11.6 Å². The highest BCUT2D eigenvalue weighted by Crippen LogP contribution is 2.37. The van der Waals surface area contributed by atoms with Gasteiger partial charge < -0.3 is 5.11 Å². The summed E-state index contributed by atoms with van der Waals surface area (Å²) in [5.41, 5.74) is -0.379. The number of rotatable bonds is 2. The van der Waals surface area contributed by atoms with E-state index in [1.54, 1.807) is 0 Å². The lowest BCUT2D eigenvalue weighted by Crippen LogP contribution is -2.18. The Labute approximate surface area is 79.3 Å². The molecule has 0 radical (unpaired) electrons. The van der Waals surface area contributed by atoms with Crippen molar-refractivity contribution >= 4 is 5.97 Å². The summed E-state index contributed by atoms with van der Waals surface area (Å²) in [5, 5.41) is 14.9. The van der Waals surface area contributed by atoms with Crippen molar-refractivity contribution in [3.63, 3.8) is 0 Å². The van der Waals surface area contributed by atoms with Gasteiger partial charge in [-0.3, -0.25) is 9.78 Å². The Morgan fingerprint density at radius 2 is 2.29 bits per heavy atom. The molecule has 14 heavy (non-hydrogen) atoms. The van der Waals surface area contributed by atoms with Gasteiger partial charge in [0.25, 0.3) is 0 Å². The summed E-state index contributed by atoms with van der Waals surface area (Å²) < 4.78 is 0. The summed E-state index contributed by atoms with van der Waals surface area (Å²) >= 11 is 0. The molecule has 76 valence electrons. The van der Waals surface area contributed by atoms with Gasteiger partial charge in [0, 0.05) is 5.92 Å². The Morgan fingerprint density at radius 1 is 1.50 bits per heavy atom. The van der Waals surface area contributed by atoms with E-state index in [4.69, 9.17) is 5.11 Å². The van der Waals surface area contributed by atoms with Crippen molar-refractivity contribution in [3.05, 3.63) is 16.3 Å². The lowest BCUT2D eigenvalue weighted by molar-refractivity contribution is -0.142. The van der Waals surface area contributed by atoms with Gasteiger partial charge in [-0.05, 0) is 12.8 Å². The van der Waals surface area contributed by atoms with Crippen LogP contribution in [0.3, 0.4) is 0 Å². The SMILES string of the molecule is O=C(O)C1CCCC1c1n[nH]c(=O)[nH]1. The minimum absolute atomic E-state index is 0.147. The Bertz CT molecular complexity index is 395. The third-order valence-corrected chi connectivity index (χ3v) is 2.70. The number of nitrogens with one attached hydrogen (secondary N) is 2. The summed E-state index contributed by atoms with van der Waals surface area (Å²) in [5.74, 6) is -0.892. The Morgan fingerprint density at radius 3 is 2.86 bits per heavy atom. The molecule has 1 aliphatic carbocycles. The topological polar surface area (TPSA) is 98.8 Å². The van der Waals surface area contributed by atoms with Gasteiger partial charge >= 0.3 is 11.7 Å². The molecule has 6 nitrogen and oxygen atoms in total. The van der Waals surface area contributed by atoms with Crippen molar-refractivity contribution in [3.8, 4) is 0 Å². The third-order valence-electron chi connectivity index (χ3n) is 2.70. The second-order valence-corrected chi connectivity index (χ2v) is 3.55. The zero-order valence-electron chi connectivity index (χ0n) is 7.49. The van der Waals surface area contributed by atoms with E-state index >= 15 is 0 Å². The van der Waals surface area contributed by atoms with Crippen molar-refractivity contribution in [2.75, 3.05) is 0 Å². The molecule has 0 bridgehead atoms. The van der Waals surface area contributed by atoms with Crippen LogP contribution in [-0.4, -0.2) is 26.3 Å². The fourth-order valence-electron chi connectivity index (χ4n) is 2.04. The largest absolute Gasteiger partial charge is 0.481 e. The summed E-state index contributed by atoms with van der Waals surface area (Å²) in [6.45, 7) is 0. The molecule has 6 heteroatoms. The Kier molecular flexibility index (Phi) is 2.11. The molecule has 1 aromatic heterocycles. The van der Waals surface area contributed by atoms with Gasteiger partial charge in [0.1, 0.15) is 5.82 Å². The summed E-state index contributed by atoms with van der Waals surface area (Å²) in [6, 6.07) is 0. The van der Waals surface area contributed by atoms with E-state index < -0.39 is 11.9 Å². The highest BCUT2D eigenvalue weighted by atomic mass is 16.4. The number of aromatic nitrogens is 3. The van der Waals surface area contributed by atoms with Crippen LogP contribution in [0.5, 0.6) is 0 Å². The molecule has 1 heterocycles. The fraction of sp³-hybridized carbons (Fsp3) is 0.625. The first-order chi connectivity index (χ1) is 6.68. The molecule has 1 saturated carbocycles. The molecule has 1 aliphatic rings. The van der Waals surface area contributed by atoms with Crippen LogP contribution in [0.25, 0.3) is 0 Å². The molecule has 2 unspecified atom stereocenters. The summed E-state index contributed by atoms with van der Waals surface area (Å²) in [6.07, 6.45) is 2.31. The van der Waals surface area contributed by atoms with Crippen molar-refractivity contribution in [1.82, 2.24) is 15.2 Å². The maximum atomic E-state index is 10.9. The van der Waals surface area contributed by atoms with Gasteiger partial charge in [0.05, 0.1) is 5.92 Å².